The Hall–Kier alpha value is -1.45. The highest BCUT2D eigenvalue weighted by Crippen LogP contribution is 2.20. The van der Waals surface area contributed by atoms with Gasteiger partial charge in [0.15, 0.2) is 12.1 Å². The first-order valence-electron chi connectivity index (χ1n) is 2.82. The third kappa shape index (κ3) is 1.34. The molecule has 0 spiro atoms. The van der Waals surface area contributed by atoms with Crippen LogP contribution in [0.3, 0.4) is 0 Å². The predicted octanol–water partition coefficient (Wildman–Crippen LogP) is 1.90. The first-order valence-corrected chi connectivity index (χ1v) is 2.82. The monoisotopic (exact) mass is 158 g/mol. The van der Waals surface area contributed by atoms with Gasteiger partial charge in [-0.15, -0.1) is 0 Å². The number of carbonyl (C=O) groups excluding carboxylic acids is 1. The van der Waals surface area contributed by atoms with E-state index >= 15 is 0 Å². The van der Waals surface area contributed by atoms with Crippen molar-refractivity contribution < 1.29 is 18.7 Å². The second-order valence-corrected chi connectivity index (χ2v) is 1.85. The summed E-state index contributed by atoms with van der Waals surface area (Å²) in [5.41, 5.74) is -0.146. The van der Waals surface area contributed by atoms with Gasteiger partial charge in [-0.25, -0.2) is 4.39 Å². The van der Waals surface area contributed by atoms with Crippen molar-refractivity contribution in [2.24, 2.45) is 0 Å². The number of benzene rings is 1. The maximum absolute atomic E-state index is 12.5. The van der Waals surface area contributed by atoms with Crippen molar-refractivity contribution in [1.82, 2.24) is 0 Å². The lowest BCUT2D eigenvalue weighted by atomic mass is 10.2. The minimum Gasteiger partial charge on any atom is -0.298 e. The van der Waals surface area contributed by atoms with Gasteiger partial charge >= 0.3 is 0 Å². The molecule has 0 aliphatic heterocycles. The van der Waals surface area contributed by atoms with Crippen molar-refractivity contribution >= 4 is 6.29 Å². The topological polar surface area (TPSA) is 26.3 Å². The third-order valence-corrected chi connectivity index (χ3v) is 1.20. The number of carbonyl (C=O) groups is 1. The first kappa shape index (κ1) is 7.65. The van der Waals surface area contributed by atoms with E-state index in [0.717, 1.165) is 6.07 Å². The highest BCUT2D eigenvalue weighted by Gasteiger charge is 2.08. The lowest BCUT2D eigenvalue weighted by molar-refractivity contribution is -0.0113. The zero-order valence-electron chi connectivity index (χ0n) is 5.38. The summed E-state index contributed by atoms with van der Waals surface area (Å²) in [4.78, 5) is 13.3. The standard InChI is InChI=1S/C7H4F2O2/c8-6-3-1-2-5(4-10)7(6)11-9/h1-4H. The molecule has 1 rings (SSSR count). The van der Waals surface area contributed by atoms with Crippen LogP contribution >= 0.6 is 0 Å². The summed E-state index contributed by atoms with van der Waals surface area (Å²) in [6, 6.07) is 3.55. The number of aldehydes is 1. The molecule has 0 bridgehead atoms. The second-order valence-electron chi connectivity index (χ2n) is 1.85. The van der Waals surface area contributed by atoms with Gasteiger partial charge in [0.1, 0.15) is 0 Å². The van der Waals surface area contributed by atoms with E-state index in [0.29, 0.717) is 6.29 Å². The smallest absolute Gasteiger partial charge is 0.217 e. The van der Waals surface area contributed by atoms with Gasteiger partial charge in [0, 0.05) is 4.53 Å². The van der Waals surface area contributed by atoms with Gasteiger partial charge in [-0.3, -0.25) is 9.74 Å². The quantitative estimate of drug-likeness (QED) is 0.614. The van der Waals surface area contributed by atoms with Crippen LogP contribution in [-0.2, 0) is 0 Å². The van der Waals surface area contributed by atoms with Crippen LogP contribution in [0.25, 0.3) is 0 Å². The lowest BCUT2D eigenvalue weighted by Gasteiger charge is -1.97. The van der Waals surface area contributed by atoms with Gasteiger partial charge in [-0.05, 0) is 12.1 Å². The summed E-state index contributed by atoms with van der Waals surface area (Å²) in [5.74, 6) is -1.56. The molecule has 0 saturated heterocycles. The Kier molecular flexibility index (Phi) is 2.15. The first-order chi connectivity index (χ1) is 5.29. The van der Waals surface area contributed by atoms with E-state index in [1.165, 1.54) is 12.1 Å². The molecule has 58 valence electrons. The van der Waals surface area contributed by atoms with Crippen molar-refractivity contribution in [3.05, 3.63) is 29.6 Å². The van der Waals surface area contributed by atoms with Crippen molar-refractivity contribution in [2.75, 3.05) is 0 Å². The minimum atomic E-state index is -0.892. The lowest BCUT2D eigenvalue weighted by Crippen LogP contribution is -1.89. The Morgan fingerprint density at radius 2 is 2.18 bits per heavy atom. The van der Waals surface area contributed by atoms with Crippen molar-refractivity contribution in [3.8, 4) is 5.75 Å². The van der Waals surface area contributed by atoms with E-state index in [1.807, 2.05) is 0 Å². The van der Waals surface area contributed by atoms with E-state index in [2.05, 4.69) is 4.94 Å². The Morgan fingerprint density at radius 3 is 2.64 bits per heavy atom. The molecule has 1 aromatic rings. The van der Waals surface area contributed by atoms with Gasteiger partial charge in [-0.2, -0.15) is 0 Å². The Labute approximate surface area is 61.3 Å². The molecule has 11 heavy (non-hydrogen) atoms. The van der Waals surface area contributed by atoms with E-state index in [1.54, 1.807) is 0 Å². The van der Waals surface area contributed by atoms with Crippen LogP contribution in [0.1, 0.15) is 10.4 Å². The van der Waals surface area contributed by atoms with Crippen molar-refractivity contribution in [2.45, 2.75) is 0 Å². The number of rotatable bonds is 2. The molecule has 2 nitrogen and oxygen atoms in total. The maximum atomic E-state index is 12.5. The van der Waals surface area contributed by atoms with E-state index in [9.17, 15) is 13.7 Å². The van der Waals surface area contributed by atoms with Crippen LogP contribution in [0.2, 0.25) is 0 Å². The summed E-state index contributed by atoms with van der Waals surface area (Å²) < 4.78 is 24.0. The molecule has 0 heterocycles. The summed E-state index contributed by atoms with van der Waals surface area (Å²) in [6.07, 6.45) is 0.317. The Morgan fingerprint density at radius 1 is 1.45 bits per heavy atom. The zero-order chi connectivity index (χ0) is 8.27. The SMILES string of the molecule is O=Cc1cccc(F)c1OF. The molecule has 0 unspecified atom stereocenters. The molecule has 0 aliphatic carbocycles. The number of hydrogen-bond acceptors (Lipinski definition) is 2. The molecule has 0 amide bonds. The van der Waals surface area contributed by atoms with Crippen molar-refractivity contribution in [1.29, 1.82) is 0 Å². The van der Waals surface area contributed by atoms with E-state index < -0.39 is 11.6 Å². The van der Waals surface area contributed by atoms with Crippen LogP contribution in [0.5, 0.6) is 5.75 Å². The fourth-order valence-corrected chi connectivity index (χ4v) is 0.700. The molecule has 0 N–H and O–H groups in total. The molecular weight excluding hydrogens is 154 g/mol. The van der Waals surface area contributed by atoms with Crippen LogP contribution in [0.15, 0.2) is 18.2 Å². The molecule has 0 aliphatic rings. The molecule has 0 saturated carbocycles. The maximum Gasteiger partial charge on any atom is 0.217 e. The number of halogens is 2. The van der Waals surface area contributed by atoms with Crippen LogP contribution in [0.4, 0.5) is 8.92 Å². The van der Waals surface area contributed by atoms with Gasteiger partial charge < -0.3 is 0 Å². The predicted molar refractivity (Wildman–Crippen MR) is 33.5 cm³/mol. The van der Waals surface area contributed by atoms with Crippen LogP contribution in [-0.4, -0.2) is 6.29 Å². The molecule has 4 heteroatoms. The van der Waals surface area contributed by atoms with E-state index in [-0.39, 0.29) is 5.56 Å². The Balaban J connectivity index is 3.23. The van der Waals surface area contributed by atoms with Crippen LogP contribution in [0, 0.1) is 5.82 Å². The summed E-state index contributed by atoms with van der Waals surface area (Å²) in [5, 5.41) is 0. The van der Waals surface area contributed by atoms with Gasteiger partial charge in [-0.1, -0.05) is 6.07 Å². The fraction of sp³-hybridized carbons (Fsp3) is 0. The molecular formula is C7H4F2O2. The Bertz CT molecular complexity index is 273. The van der Waals surface area contributed by atoms with E-state index in [4.69, 9.17) is 0 Å². The minimum absolute atomic E-state index is 0.146. The van der Waals surface area contributed by atoms with Crippen molar-refractivity contribution in [3.63, 3.8) is 0 Å². The average molecular weight is 158 g/mol. The fourth-order valence-electron chi connectivity index (χ4n) is 0.700. The highest BCUT2D eigenvalue weighted by molar-refractivity contribution is 5.79. The molecule has 0 atom stereocenters. The van der Waals surface area contributed by atoms with Gasteiger partial charge in [0.25, 0.3) is 0 Å². The molecule has 1 aromatic carbocycles. The molecule has 0 aromatic heterocycles. The second kappa shape index (κ2) is 3.09. The molecule has 0 radical (unpaired) electrons. The average Bonchev–Trinajstić information content (AvgIpc) is 2.04. The highest BCUT2D eigenvalue weighted by atomic mass is 19.3. The summed E-state index contributed by atoms with van der Waals surface area (Å²) >= 11 is 0. The number of hydrogen-bond donors (Lipinski definition) is 0. The van der Waals surface area contributed by atoms with Crippen LogP contribution < -0.4 is 4.94 Å². The van der Waals surface area contributed by atoms with Gasteiger partial charge in [0.2, 0.25) is 5.75 Å². The largest absolute Gasteiger partial charge is 0.298 e. The summed E-state index contributed by atoms with van der Waals surface area (Å²) in [6.45, 7) is 0. The summed E-state index contributed by atoms with van der Waals surface area (Å²) in [7, 11) is 0. The number of para-hydroxylation sites is 1. The normalized spacial score (nSPS) is 9.27. The zero-order valence-corrected chi connectivity index (χ0v) is 5.38. The van der Waals surface area contributed by atoms with Gasteiger partial charge in [0.05, 0.1) is 5.56 Å². The third-order valence-electron chi connectivity index (χ3n) is 1.20. The molecule has 0 fully saturated rings.